The number of Topliss-reactive ketones (excluding diaryl/α,β-unsaturated/α-hetero) is 1. The lowest BCUT2D eigenvalue weighted by Gasteiger charge is -2.16. The summed E-state index contributed by atoms with van der Waals surface area (Å²) in [4.78, 5) is 12.4. The molecule has 3 aromatic rings. The van der Waals surface area contributed by atoms with Crippen LogP contribution in [0.5, 0.6) is 5.75 Å². The Morgan fingerprint density at radius 1 is 0.769 bits per heavy atom. The molecular weight excluding hydrogens is 320 g/mol. The minimum absolute atomic E-state index is 0.000804. The van der Waals surface area contributed by atoms with Crippen molar-refractivity contribution in [2.75, 3.05) is 0 Å². The van der Waals surface area contributed by atoms with Crippen molar-refractivity contribution in [3.8, 4) is 5.75 Å². The van der Waals surface area contributed by atoms with Crippen LogP contribution in [0.4, 0.5) is 0 Å². The Labute approximate surface area is 155 Å². The minimum atomic E-state index is -0.000804. The van der Waals surface area contributed by atoms with E-state index in [1.54, 1.807) is 0 Å². The normalized spacial score (nSPS) is 13.0. The maximum absolute atomic E-state index is 12.4. The molecule has 2 unspecified atom stereocenters. The first-order valence-electron chi connectivity index (χ1n) is 9.03. The van der Waals surface area contributed by atoms with E-state index in [4.69, 9.17) is 4.74 Å². The van der Waals surface area contributed by atoms with Gasteiger partial charge >= 0.3 is 0 Å². The zero-order valence-electron chi connectivity index (χ0n) is 15.3. The molecule has 132 valence electrons. The van der Waals surface area contributed by atoms with Crippen LogP contribution in [0.1, 0.15) is 53.8 Å². The van der Waals surface area contributed by atoms with Crippen LogP contribution in [0.15, 0.2) is 84.9 Å². The molecule has 2 atom stereocenters. The van der Waals surface area contributed by atoms with E-state index in [1.165, 1.54) is 0 Å². The number of benzene rings is 3. The summed E-state index contributed by atoms with van der Waals surface area (Å²) in [5, 5.41) is 0. The molecule has 0 radical (unpaired) electrons. The Morgan fingerprint density at radius 2 is 1.35 bits per heavy atom. The lowest BCUT2D eigenvalue weighted by Crippen LogP contribution is -2.05. The molecule has 3 rings (SSSR count). The summed E-state index contributed by atoms with van der Waals surface area (Å²) < 4.78 is 6.02. The Bertz CT molecular complexity index is 823. The third-order valence-corrected chi connectivity index (χ3v) is 4.62. The van der Waals surface area contributed by atoms with Gasteiger partial charge in [0, 0.05) is 12.0 Å². The number of hydrogen-bond acceptors (Lipinski definition) is 2. The summed E-state index contributed by atoms with van der Waals surface area (Å²) in [6.07, 6.45) is 0.504. The second-order valence-electron chi connectivity index (χ2n) is 6.63. The van der Waals surface area contributed by atoms with Crippen molar-refractivity contribution in [2.24, 2.45) is 0 Å². The van der Waals surface area contributed by atoms with Gasteiger partial charge in [-0.05, 0) is 36.1 Å². The van der Waals surface area contributed by atoms with Gasteiger partial charge in [0.05, 0.1) is 0 Å². The van der Waals surface area contributed by atoms with Crippen molar-refractivity contribution >= 4 is 5.78 Å². The van der Waals surface area contributed by atoms with Gasteiger partial charge in [0.1, 0.15) is 11.9 Å². The Balaban J connectivity index is 1.61. The van der Waals surface area contributed by atoms with Crippen molar-refractivity contribution < 1.29 is 9.53 Å². The molecule has 0 amide bonds. The van der Waals surface area contributed by atoms with Crippen LogP contribution in [0.3, 0.4) is 0 Å². The predicted octanol–water partition coefficient (Wildman–Crippen LogP) is 6.20. The molecule has 26 heavy (non-hydrogen) atoms. The highest BCUT2D eigenvalue weighted by molar-refractivity contribution is 5.96. The van der Waals surface area contributed by atoms with Crippen molar-refractivity contribution in [1.82, 2.24) is 0 Å². The fourth-order valence-electron chi connectivity index (χ4n) is 3.01. The van der Waals surface area contributed by atoms with Crippen LogP contribution < -0.4 is 4.74 Å². The molecule has 0 heterocycles. The molecule has 0 aromatic heterocycles. The van der Waals surface area contributed by atoms with Gasteiger partial charge in [0.2, 0.25) is 0 Å². The van der Waals surface area contributed by atoms with E-state index in [9.17, 15) is 4.79 Å². The summed E-state index contributed by atoms with van der Waals surface area (Å²) >= 11 is 0. The molecule has 0 saturated carbocycles. The van der Waals surface area contributed by atoms with Crippen LogP contribution in [-0.4, -0.2) is 5.78 Å². The molecule has 0 spiro atoms. The molecule has 0 fully saturated rings. The SMILES string of the molecule is CC(CC(=O)c1ccccc1)c1ccc(OC(C)c2ccccc2)cc1. The quantitative estimate of drug-likeness (QED) is 0.477. The van der Waals surface area contributed by atoms with Crippen molar-refractivity contribution in [3.63, 3.8) is 0 Å². The van der Waals surface area contributed by atoms with E-state index < -0.39 is 0 Å². The summed E-state index contributed by atoms with van der Waals surface area (Å²) in [7, 11) is 0. The first-order valence-corrected chi connectivity index (χ1v) is 9.03. The average molecular weight is 344 g/mol. The molecule has 2 heteroatoms. The van der Waals surface area contributed by atoms with Crippen LogP contribution in [0.2, 0.25) is 0 Å². The Morgan fingerprint density at radius 3 is 1.96 bits per heavy atom. The first-order chi connectivity index (χ1) is 12.6. The highest BCUT2D eigenvalue weighted by Crippen LogP contribution is 2.26. The number of carbonyl (C=O) groups excluding carboxylic acids is 1. The predicted molar refractivity (Wildman–Crippen MR) is 106 cm³/mol. The van der Waals surface area contributed by atoms with E-state index in [0.29, 0.717) is 6.42 Å². The van der Waals surface area contributed by atoms with Crippen LogP contribution >= 0.6 is 0 Å². The Kier molecular flexibility index (Phi) is 5.85. The van der Waals surface area contributed by atoms with Crippen LogP contribution in [-0.2, 0) is 0 Å². The first kappa shape index (κ1) is 17.9. The maximum atomic E-state index is 12.4. The van der Waals surface area contributed by atoms with Gasteiger partial charge in [-0.15, -0.1) is 0 Å². The zero-order chi connectivity index (χ0) is 18.4. The minimum Gasteiger partial charge on any atom is -0.486 e. The highest BCUT2D eigenvalue weighted by Gasteiger charge is 2.13. The lowest BCUT2D eigenvalue weighted by molar-refractivity contribution is 0.0975. The monoisotopic (exact) mass is 344 g/mol. The Hall–Kier alpha value is -2.87. The summed E-state index contributed by atoms with van der Waals surface area (Å²) in [6, 6.07) is 27.7. The third kappa shape index (κ3) is 4.60. The molecule has 3 aromatic carbocycles. The van der Waals surface area contributed by atoms with Gasteiger partial charge in [-0.3, -0.25) is 4.79 Å². The number of ether oxygens (including phenoxy) is 1. The van der Waals surface area contributed by atoms with Crippen molar-refractivity contribution in [1.29, 1.82) is 0 Å². The van der Waals surface area contributed by atoms with Crippen LogP contribution in [0, 0.1) is 0 Å². The van der Waals surface area contributed by atoms with Gasteiger partial charge in [-0.25, -0.2) is 0 Å². The number of rotatable bonds is 7. The fourth-order valence-corrected chi connectivity index (χ4v) is 3.01. The molecule has 0 bridgehead atoms. The van der Waals surface area contributed by atoms with Gasteiger partial charge in [0.15, 0.2) is 5.78 Å². The van der Waals surface area contributed by atoms with Gasteiger partial charge < -0.3 is 4.74 Å². The second-order valence-corrected chi connectivity index (χ2v) is 6.63. The third-order valence-electron chi connectivity index (χ3n) is 4.62. The summed E-state index contributed by atoms with van der Waals surface area (Å²) in [5.74, 6) is 1.19. The van der Waals surface area contributed by atoms with E-state index in [1.807, 2.05) is 67.6 Å². The molecular formula is C24H24O2. The average Bonchev–Trinajstić information content (AvgIpc) is 2.69. The van der Waals surface area contributed by atoms with Crippen LogP contribution in [0.25, 0.3) is 0 Å². The molecule has 0 saturated heterocycles. The summed E-state index contributed by atoms with van der Waals surface area (Å²) in [6.45, 7) is 4.13. The fraction of sp³-hybridized carbons (Fsp3) is 0.208. The standard InChI is InChI=1S/C24H24O2/c1-18(17-24(25)22-11-7-4-8-12-22)20-13-15-23(16-14-20)26-19(2)21-9-5-3-6-10-21/h3-16,18-19H,17H2,1-2H3. The van der Waals surface area contributed by atoms with Gasteiger partial charge in [0.25, 0.3) is 0 Å². The van der Waals surface area contributed by atoms with E-state index >= 15 is 0 Å². The summed E-state index contributed by atoms with van der Waals surface area (Å²) in [5.41, 5.74) is 3.07. The van der Waals surface area contributed by atoms with Crippen molar-refractivity contribution in [3.05, 3.63) is 102 Å². The molecule has 0 N–H and O–H groups in total. The lowest BCUT2D eigenvalue weighted by atomic mass is 9.93. The number of ketones is 1. The topological polar surface area (TPSA) is 26.3 Å². The van der Waals surface area contributed by atoms with Gasteiger partial charge in [-0.1, -0.05) is 79.7 Å². The molecule has 0 aliphatic heterocycles. The van der Waals surface area contributed by atoms with E-state index in [-0.39, 0.29) is 17.8 Å². The molecule has 0 aliphatic rings. The van der Waals surface area contributed by atoms with Gasteiger partial charge in [-0.2, -0.15) is 0 Å². The molecule has 0 aliphatic carbocycles. The van der Waals surface area contributed by atoms with Crippen molar-refractivity contribution in [2.45, 2.75) is 32.3 Å². The largest absolute Gasteiger partial charge is 0.486 e. The molecule has 2 nitrogen and oxygen atoms in total. The second kappa shape index (κ2) is 8.48. The van der Waals surface area contributed by atoms with E-state index in [0.717, 1.165) is 22.4 Å². The number of hydrogen-bond donors (Lipinski definition) is 0. The smallest absolute Gasteiger partial charge is 0.163 e. The highest BCUT2D eigenvalue weighted by atomic mass is 16.5. The number of carbonyl (C=O) groups is 1. The van der Waals surface area contributed by atoms with E-state index in [2.05, 4.69) is 31.2 Å². The maximum Gasteiger partial charge on any atom is 0.163 e. The zero-order valence-corrected chi connectivity index (χ0v) is 15.3.